The molecule has 7 heteroatoms. The first kappa shape index (κ1) is 18.7. The monoisotopic (exact) mass is 384 g/mol. The quantitative estimate of drug-likeness (QED) is 0.300. The summed E-state index contributed by atoms with van der Waals surface area (Å²) in [6.07, 6.45) is -3.69. The first-order valence-corrected chi connectivity index (χ1v) is 10.1. The van der Waals surface area contributed by atoms with E-state index in [1.165, 1.54) is 0 Å². The fraction of sp³-hybridized carbons (Fsp3) is 1.00. The van der Waals surface area contributed by atoms with Crippen molar-refractivity contribution in [1.82, 2.24) is 0 Å². The van der Waals surface area contributed by atoms with E-state index in [0.717, 1.165) is 0 Å². The molecule has 5 rings (SSSR count). The van der Waals surface area contributed by atoms with Gasteiger partial charge in [0.15, 0.2) is 0 Å². The molecule has 1 spiro atoms. The van der Waals surface area contributed by atoms with E-state index in [9.17, 15) is 30.6 Å². The van der Waals surface area contributed by atoms with Gasteiger partial charge in [0.1, 0.15) is 11.7 Å². The summed E-state index contributed by atoms with van der Waals surface area (Å²) in [5.74, 6) is -1.79. The highest BCUT2D eigenvalue weighted by atomic mass is 16.6. The van der Waals surface area contributed by atoms with Crippen LogP contribution < -0.4 is 0 Å². The van der Waals surface area contributed by atoms with Gasteiger partial charge in [-0.15, -0.1) is 0 Å². The van der Waals surface area contributed by atoms with Crippen LogP contribution >= 0.6 is 0 Å². The van der Waals surface area contributed by atoms with Gasteiger partial charge in [-0.25, -0.2) is 0 Å². The fourth-order valence-electron chi connectivity index (χ4n) is 8.24. The Balaban J connectivity index is 1.74. The van der Waals surface area contributed by atoms with Gasteiger partial charge in [-0.05, 0) is 39.0 Å². The molecule has 1 aliphatic heterocycles. The predicted octanol–water partition coefficient (Wildman–Crippen LogP) is -0.844. The summed E-state index contributed by atoms with van der Waals surface area (Å²) in [6, 6.07) is 0. The molecule has 4 saturated carbocycles. The third-order valence-electron chi connectivity index (χ3n) is 9.52. The molecule has 0 aromatic carbocycles. The Morgan fingerprint density at radius 3 is 2.11 bits per heavy atom. The molecule has 0 unspecified atom stereocenters. The van der Waals surface area contributed by atoms with E-state index in [1.54, 1.807) is 27.7 Å². The highest BCUT2D eigenvalue weighted by molar-refractivity contribution is 5.33. The van der Waals surface area contributed by atoms with Crippen LogP contribution in [0.25, 0.3) is 0 Å². The summed E-state index contributed by atoms with van der Waals surface area (Å²) in [4.78, 5) is 0. The minimum atomic E-state index is -1.76. The Morgan fingerprint density at radius 1 is 0.852 bits per heavy atom. The summed E-state index contributed by atoms with van der Waals surface area (Å²) in [5.41, 5.74) is -6.61. The topological polar surface area (TPSA) is 134 Å². The van der Waals surface area contributed by atoms with E-state index >= 15 is 0 Å². The van der Waals surface area contributed by atoms with Crippen molar-refractivity contribution in [2.45, 2.75) is 94.3 Å². The van der Waals surface area contributed by atoms with Crippen LogP contribution in [0.5, 0.6) is 0 Å². The van der Waals surface area contributed by atoms with Crippen molar-refractivity contribution < 1.29 is 35.4 Å². The lowest BCUT2D eigenvalue weighted by molar-refractivity contribution is -0.233. The molecular weight excluding hydrogens is 352 g/mol. The fourth-order valence-corrected chi connectivity index (χ4v) is 8.24. The van der Waals surface area contributed by atoms with E-state index in [4.69, 9.17) is 4.74 Å². The smallest absolute Gasteiger partial charge is 0.110 e. The van der Waals surface area contributed by atoms with Crippen LogP contribution in [0.4, 0.5) is 0 Å². The molecule has 12 atom stereocenters. The third-order valence-corrected chi connectivity index (χ3v) is 9.52. The maximum atomic E-state index is 11.8. The van der Waals surface area contributed by atoms with Crippen LogP contribution in [0.1, 0.15) is 47.0 Å². The Morgan fingerprint density at radius 2 is 1.48 bits per heavy atom. The Bertz CT molecular complexity index is 690. The lowest BCUT2D eigenvalue weighted by Gasteiger charge is -2.52. The molecule has 1 heterocycles. The highest BCUT2D eigenvalue weighted by Gasteiger charge is 2.84. The Labute approximate surface area is 159 Å². The summed E-state index contributed by atoms with van der Waals surface area (Å²) in [5, 5.41) is 68.4. The third kappa shape index (κ3) is 1.72. The molecule has 0 aromatic rings. The molecule has 27 heavy (non-hydrogen) atoms. The number of aliphatic hydroxyl groups excluding tert-OH is 3. The van der Waals surface area contributed by atoms with Crippen molar-refractivity contribution >= 4 is 0 Å². The van der Waals surface area contributed by atoms with Crippen LogP contribution in [0.15, 0.2) is 0 Å². The van der Waals surface area contributed by atoms with Gasteiger partial charge in [0.25, 0.3) is 0 Å². The van der Waals surface area contributed by atoms with Gasteiger partial charge in [-0.1, -0.05) is 13.8 Å². The number of epoxide rings is 1. The summed E-state index contributed by atoms with van der Waals surface area (Å²) >= 11 is 0. The molecule has 1 saturated heterocycles. The standard InChI is InChI=1S/C20H32O7/c1-16(2)15-10(27-15)11-18(4,25)9-6-5-8-12(21)19(9,7-17(8,3)24)13(22)14(23)20(11,16)26/h8-15,21-26H,5-7H2,1-4H3/t8-,9+,10+,11+,12-,13-,14-,15+,17-,18-,19-,20+/m1/s1. The van der Waals surface area contributed by atoms with Crippen LogP contribution in [-0.2, 0) is 4.74 Å². The minimum absolute atomic E-state index is 0.0725. The van der Waals surface area contributed by atoms with Gasteiger partial charge in [-0.3, -0.25) is 0 Å². The predicted molar refractivity (Wildman–Crippen MR) is 93.4 cm³/mol. The Kier molecular flexibility index (Phi) is 3.27. The van der Waals surface area contributed by atoms with Gasteiger partial charge in [0.05, 0.1) is 35.6 Å². The van der Waals surface area contributed by atoms with Gasteiger partial charge in [-0.2, -0.15) is 0 Å². The SMILES string of the molecule is CC1(C)[C@H]2O[C@H]2[C@H]2[C@](C)(O)[C@@H]3CC[C@@H]4[C@@H](O)[C@]3(C[C@@]4(C)O)[C@H](O)[C@@H](O)[C@@]21O. The van der Waals surface area contributed by atoms with Crippen molar-refractivity contribution in [3.8, 4) is 0 Å². The van der Waals surface area contributed by atoms with Gasteiger partial charge in [0.2, 0.25) is 0 Å². The van der Waals surface area contributed by atoms with Crippen molar-refractivity contribution in [2.24, 2.45) is 28.6 Å². The molecule has 5 aliphatic rings. The largest absolute Gasteiger partial charge is 0.392 e. The molecular formula is C20H32O7. The molecule has 2 bridgehead atoms. The van der Waals surface area contributed by atoms with Crippen LogP contribution in [0.3, 0.4) is 0 Å². The molecule has 6 N–H and O–H groups in total. The van der Waals surface area contributed by atoms with Crippen LogP contribution in [0, 0.1) is 28.6 Å². The molecule has 0 aromatic heterocycles. The van der Waals surface area contributed by atoms with Crippen LogP contribution in [0.2, 0.25) is 0 Å². The lowest BCUT2D eigenvalue weighted by Crippen LogP contribution is -2.64. The number of fused-ring (bicyclic) bond motifs is 4. The number of aliphatic hydroxyl groups is 6. The zero-order chi connectivity index (χ0) is 19.9. The zero-order valence-corrected chi connectivity index (χ0v) is 16.3. The number of hydrogen-bond donors (Lipinski definition) is 6. The number of hydrogen-bond acceptors (Lipinski definition) is 7. The van der Waals surface area contributed by atoms with E-state index in [-0.39, 0.29) is 12.5 Å². The van der Waals surface area contributed by atoms with Gasteiger partial charge in [0, 0.05) is 22.7 Å². The molecule has 0 amide bonds. The first-order chi connectivity index (χ1) is 12.3. The van der Waals surface area contributed by atoms with E-state index in [0.29, 0.717) is 12.8 Å². The average molecular weight is 384 g/mol. The molecule has 4 aliphatic carbocycles. The second-order valence-corrected chi connectivity index (χ2v) is 11.0. The zero-order valence-electron chi connectivity index (χ0n) is 16.3. The second kappa shape index (κ2) is 4.72. The molecule has 5 fully saturated rings. The number of rotatable bonds is 0. The summed E-state index contributed by atoms with van der Waals surface area (Å²) in [6.45, 7) is 6.87. The van der Waals surface area contributed by atoms with Crippen molar-refractivity contribution in [3.63, 3.8) is 0 Å². The van der Waals surface area contributed by atoms with Crippen LogP contribution in [-0.4, -0.2) is 78.0 Å². The summed E-state index contributed by atoms with van der Waals surface area (Å²) < 4.78 is 5.78. The molecule has 0 radical (unpaired) electrons. The molecule has 7 nitrogen and oxygen atoms in total. The Hall–Kier alpha value is -0.280. The summed E-state index contributed by atoms with van der Waals surface area (Å²) in [7, 11) is 0. The molecule has 154 valence electrons. The second-order valence-electron chi connectivity index (χ2n) is 11.0. The first-order valence-electron chi connectivity index (χ1n) is 10.1. The van der Waals surface area contributed by atoms with Crippen molar-refractivity contribution in [2.75, 3.05) is 0 Å². The van der Waals surface area contributed by atoms with Gasteiger partial charge >= 0.3 is 0 Å². The maximum Gasteiger partial charge on any atom is 0.110 e. The minimum Gasteiger partial charge on any atom is -0.392 e. The number of ether oxygens (including phenoxy) is 1. The van der Waals surface area contributed by atoms with Gasteiger partial charge < -0.3 is 35.4 Å². The van der Waals surface area contributed by atoms with Crippen molar-refractivity contribution in [1.29, 1.82) is 0 Å². The normalized spacial score (nSPS) is 68.7. The van der Waals surface area contributed by atoms with Crippen molar-refractivity contribution in [3.05, 3.63) is 0 Å². The van der Waals surface area contributed by atoms with E-state index < -0.39 is 69.8 Å². The van der Waals surface area contributed by atoms with E-state index in [2.05, 4.69) is 0 Å². The highest BCUT2D eigenvalue weighted by Crippen LogP contribution is 2.72. The maximum absolute atomic E-state index is 11.8. The lowest BCUT2D eigenvalue weighted by atomic mass is 9.56. The average Bonchev–Trinajstić information content (AvgIpc) is 3.28. The van der Waals surface area contributed by atoms with E-state index in [1.807, 2.05) is 0 Å².